The molecule has 0 aromatic carbocycles. The van der Waals surface area contributed by atoms with Gasteiger partial charge in [-0.2, -0.15) is 0 Å². The largest absolute Gasteiger partial charge is 0.393 e. The van der Waals surface area contributed by atoms with Gasteiger partial charge in [-0.3, -0.25) is 0 Å². The van der Waals surface area contributed by atoms with Gasteiger partial charge in [0.15, 0.2) is 0 Å². The Labute approximate surface area is 195 Å². The number of hydrogen-bond donors (Lipinski definition) is 3. The molecule has 31 heavy (non-hydrogen) atoms. The van der Waals surface area contributed by atoms with E-state index < -0.39 is 18.3 Å². The first kappa shape index (κ1) is 30.9. The highest BCUT2D eigenvalue weighted by molar-refractivity contribution is 4.74. The zero-order valence-electron chi connectivity index (χ0n) is 21.5. The SMILES string of the molecule is CCCCCCCCCCCCCCCCCCCCC(O)C(C)C(O)CC(O)CC. The maximum atomic E-state index is 10.3. The maximum absolute atomic E-state index is 10.3. The summed E-state index contributed by atoms with van der Waals surface area (Å²) < 4.78 is 0. The molecule has 0 radical (unpaired) electrons. The third kappa shape index (κ3) is 20.2. The molecule has 3 N–H and O–H groups in total. The molecular weight excluding hydrogens is 384 g/mol. The number of unbranched alkanes of at least 4 members (excludes halogenated alkanes) is 17. The zero-order valence-corrected chi connectivity index (χ0v) is 21.5. The van der Waals surface area contributed by atoms with Crippen molar-refractivity contribution < 1.29 is 15.3 Å². The van der Waals surface area contributed by atoms with Gasteiger partial charge >= 0.3 is 0 Å². The van der Waals surface area contributed by atoms with Crippen molar-refractivity contribution in [2.24, 2.45) is 5.92 Å². The Balaban J connectivity index is 3.32. The van der Waals surface area contributed by atoms with E-state index in [1.165, 1.54) is 109 Å². The first-order valence-electron chi connectivity index (χ1n) is 14.1. The molecule has 0 aromatic heterocycles. The molecule has 4 atom stereocenters. The quantitative estimate of drug-likeness (QED) is 0.133. The van der Waals surface area contributed by atoms with Crippen molar-refractivity contribution in [2.75, 3.05) is 0 Å². The van der Waals surface area contributed by atoms with Gasteiger partial charge < -0.3 is 15.3 Å². The lowest BCUT2D eigenvalue weighted by atomic mass is 9.90. The molecule has 0 rings (SSSR count). The molecule has 0 aromatic rings. The molecule has 0 aliphatic rings. The average molecular weight is 443 g/mol. The van der Waals surface area contributed by atoms with Crippen LogP contribution in [0.2, 0.25) is 0 Å². The van der Waals surface area contributed by atoms with E-state index in [4.69, 9.17) is 0 Å². The third-order valence-electron chi connectivity index (χ3n) is 7.05. The van der Waals surface area contributed by atoms with Crippen LogP contribution >= 0.6 is 0 Å². The van der Waals surface area contributed by atoms with E-state index in [9.17, 15) is 15.3 Å². The molecule has 3 nitrogen and oxygen atoms in total. The molecule has 188 valence electrons. The molecule has 0 spiro atoms. The van der Waals surface area contributed by atoms with Gasteiger partial charge in [-0.15, -0.1) is 0 Å². The predicted octanol–water partition coefficient (Wildman–Crippen LogP) is 7.94. The van der Waals surface area contributed by atoms with E-state index in [1.807, 2.05) is 13.8 Å². The summed E-state index contributed by atoms with van der Waals surface area (Å²) in [5.41, 5.74) is 0. The Morgan fingerprint density at radius 2 is 0.839 bits per heavy atom. The van der Waals surface area contributed by atoms with Crippen LogP contribution in [0.1, 0.15) is 156 Å². The van der Waals surface area contributed by atoms with Crippen molar-refractivity contribution in [1.82, 2.24) is 0 Å². The Morgan fingerprint density at radius 3 is 1.19 bits per heavy atom. The summed E-state index contributed by atoms with van der Waals surface area (Å²) >= 11 is 0. The van der Waals surface area contributed by atoms with E-state index in [1.54, 1.807) is 0 Å². The predicted molar refractivity (Wildman–Crippen MR) is 135 cm³/mol. The molecule has 0 aliphatic heterocycles. The summed E-state index contributed by atoms with van der Waals surface area (Å²) in [7, 11) is 0. The van der Waals surface area contributed by atoms with Crippen LogP contribution in [0, 0.1) is 5.92 Å². The monoisotopic (exact) mass is 442 g/mol. The number of hydrogen-bond acceptors (Lipinski definition) is 3. The Morgan fingerprint density at radius 1 is 0.484 bits per heavy atom. The highest BCUT2D eigenvalue weighted by Gasteiger charge is 2.23. The van der Waals surface area contributed by atoms with Gasteiger partial charge in [-0.05, 0) is 19.3 Å². The Kier molecular flexibility index (Phi) is 23.0. The molecule has 0 bridgehead atoms. The second-order valence-corrected chi connectivity index (χ2v) is 10.1. The molecule has 0 saturated carbocycles. The summed E-state index contributed by atoms with van der Waals surface area (Å²) in [6.07, 6.45) is 24.9. The number of rotatable bonds is 24. The molecule has 0 amide bonds. The minimum Gasteiger partial charge on any atom is -0.393 e. The lowest BCUT2D eigenvalue weighted by Gasteiger charge is -2.25. The average Bonchev–Trinajstić information content (AvgIpc) is 2.77. The van der Waals surface area contributed by atoms with E-state index in [-0.39, 0.29) is 5.92 Å². The topological polar surface area (TPSA) is 60.7 Å². The van der Waals surface area contributed by atoms with E-state index in [0.29, 0.717) is 12.8 Å². The molecular formula is C28H58O3. The summed E-state index contributed by atoms with van der Waals surface area (Å²) in [4.78, 5) is 0. The van der Waals surface area contributed by atoms with Gasteiger partial charge in [-0.25, -0.2) is 0 Å². The number of aliphatic hydroxyl groups excluding tert-OH is 3. The van der Waals surface area contributed by atoms with Crippen LogP contribution in [0.3, 0.4) is 0 Å². The molecule has 3 heteroatoms. The molecule has 4 unspecified atom stereocenters. The van der Waals surface area contributed by atoms with Gasteiger partial charge in [-0.1, -0.05) is 136 Å². The normalized spacial score (nSPS) is 15.7. The van der Waals surface area contributed by atoms with Gasteiger partial charge in [0.05, 0.1) is 18.3 Å². The van der Waals surface area contributed by atoms with Crippen LogP contribution in [0.5, 0.6) is 0 Å². The Hall–Kier alpha value is -0.120. The first-order chi connectivity index (χ1) is 15.0. The van der Waals surface area contributed by atoms with E-state index in [2.05, 4.69) is 6.92 Å². The van der Waals surface area contributed by atoms with Crippen LogP contribution < -0.4 is 0 Å². The van der Waals surface area contributed by atoms with Gasteiger partial charge in [0.1, 0.15) is 0 Å². The van der Waals surface area contributed by atoms with Crippen LogP contribution in [0.4, 0.5) is 0 Å². The fraction of sp³-hybridized carbons (Fsp3) is 1.00. The summed E-state index contributed by atoms with van der Waals surface area (Å²) in [6, 6.07) is 0. The minimum atomic E-state index is -0.611. The number of aliphatic hydroxyl groups is 3. The molecule has 0 aliphatic carbocycles. The molecule has 0 saturated heterocycles. The standard InChI is InChI=1S/C28H58O3/c1-4-6-7-8-9-10-11-12-13-14-15-16-17-18-19-20-21-22-23-27(30)25(3)28(31)24-26(29)5-2/h25-31H,4-24H2,1-3H3. The highest BCUT2D eigenvalue weighted by Crippen LogP contribution is 2.20. The summed E-state index contributed by atoms with van der Waals surface area (Å²) in [5.74, 6) is -0.160. The molecule has 0 heterocycles. The van der Waals surface area contributed by atoms with E-state index >= 15 is 0 Å². The molecule has 0 fully saturated rings. The maximum Gasteiger partial charge on any atom is 0.0615 e. The van der Waals surface area contributed by atoms with Crippen molar-refractivity contribution in [3.63, 3.8) is 0 Å². The fourth-order valence-electron chi connectivity index (χ4n) is 4.43. The second kappa shape index (κ2) is 23.1. The van der Waals surface area contributed by atoms with Gasteiger partial charge in [0.2, 0.25) is 0 Å². The van der Waals surface area contributed by atoms with Gasteiger partial charge in [0, 0.05) is 5.92 Å². The highest BCUT2D eigenvalue weighted by atomic mass is 16.3. The van der Waals surface area contributed by atoms with Gasteiger partial charge in [0.25, 0.3) is 0 Å². The van der Waals surface area contributed by atoms with Crippen LogP contribution in [-0.4, -0.2) is 33.6 Å². The van der Waals surface area contributed by atoms with Crippen LogP contribution in [-0.2, 0) is 0 Å². The first-order valence-corrected chi connectivity index (χ1v) is 14.1. The minimum absolute atomic E-state index is 0.160. The third-order valence-corrected chi connectivity index (χ3v) is 7.05. The lowest BCUT2D eigenvalue weighted by molar-refractivity contribution is -0.0100. The van der Waals surface area contributed by atoms with E-state index in [0.717, 1.165) is 12.8 Å². The smallest absolute Gasteiger partial charge is 0.0615 e. The summed E-state index contributed by atoms with van der Waals surface area (Å²) in [6.45, 7) is 6.09. The van der Waals surface area contributed by atoms with Crippen molar-refractivity contribution in [1.29, 1.82) is 0 Å². The second-order valence-electron chi connectivity index (χ2n) is 10.1. The summed E-state index contributed by atoms with van der Waals surface area (Å²) in [5, 5.41) is 30.0. The van der Waals surface area contributed by atoms with Crippen molar-refractivity contribution in [3.05, 3.63) is 0 Å². The van der Waals surface area contributed by atoms with Crippen molar-refractivity contribution >= 4 is 0 Å². The lowest BCUT2D eigenvalue weighted by Crippen LogP contribution is -2.32. The fourth-order valence-corrected chi connectivity index (χ4v) is 4.43. The van der Waals surface area contributed by atoms with Crippen molar-refractivity contribution in [3.8, 4) is 0 Å². The Bertz CT molecular complexity index is 347. The van der Waals surface area contributed by atoms with Crippen LogP contribution in [0.25, 0.3) is 0 Å². The zero-order chi connectivity index (χ0) is 23.2. The van der Waals surface area contributed by atoms with Crippen LogP contribution in [0.15, 0.2) is 0 Å². The van der Waals surface area contributed by atoms with Crippen molar-refractivity contribution in [2.45, 2.75) is 174 Å².